The lowest BCUT2D eigenvalue weighted by Gasteiger charge is -2.32. The zero-order valence-electron chi connectivity index (χ0n) is 22.9. The van der Waals surface area contributed by atoms with Crippen molar-refractivity contribution in [3.05, 3.63) is 0 Å². The number of rotatable bonds is 25. The summed E-state index contributed by atoms with van der Waals surface area (Å²) in [5.74, 6) is -2.33. The highest BCUT2D eigenvalue weighted by Gasteiger charge is 2.52. The Kier molecular flexibility index (Phi) is 20.4. The molecule has 0 spiro atoms. The molecule has 0 aliphatic rings. The smallest absolute Gasteiger partial charge is 0.210 e. The van der Waals surface area contributed by atoms with Crippen molar-refractivity contribution in [1.29, 1.82) is 0 Å². The van der Waals surface area contributed by atoms with Crippen molar-refractivity contribution in [3.8, 4) is 0 Å². The summed E-state index contributed by atoms with van der Waals surface area (Å²) >= 11 is 0. The Morgan fingerprint density at radius 2 is 0.886 bits per heavy atom. The zero-order valence-corrected chi connectivity index (χ0v) is 22.9. The van der Waals surface area contributed by atoms with Crippen molar-refractivity contribution in [2.75, 3.05) is 0 Å². The van der Waals surface area contributed by atoms with Crippen LogP contribution in [-0.4, -0.2) is 50.5 Å². The van der Waals surface area contributed by atoms with Crippen molar-refractivity contribution < 1.29 is 29.7 Å². The van der Waals surface area contributed by atoms with E-state index in [4.69, 9.17) is 0 Å². The first-order valence-electron chi connectivity index (χ1n) is 14.4. The highest BCUT2D eigenvalue weighted by molar-refractivity contribution is 6.11. The van der Waals surface area contributed by atoms with Crippen LogP contribution in [0.1, 0.15) is 149 Å². The van der Waals surface area contributed by atoms with Gasteiger partial charge in [0.25, 0.3) is 0 Å². The van der Waals surface area contributed by atoms with Crippen LogP contribution in [0.3, 0.4) is 0 Å². The summed E-state index contributed by atoms with van der Waals surface area (Å²) in [6.07, 6.45) is 14.6. The first-order chi connectivity index (χ1) is 16.8. The maximum Gasteiger partial charge on any atom is 0.210 e. The molecule has 0 bridgehead atoms. The van der Waals surface area contributed by atoms with Crippen LogP contribution in [0, 0.1) is 0 Å². The van der Waals surface area contributed by atoms with Gasteiger partial charge in [0.2, 0.25) is 5.60 Å². The molecule has 206 valence electrons. The average molecular weight is 499 g/mol. The first kappa shape index (κ1) is 33.9. The number of aliphatic hydroxyl groups excluding tert-OH is 2. The standard InChI is InChI=1S/C29H54O6/c1-4-7-8-9-10-11-12-13-14-15-16-17-18-19-20-23-24(30)27(33)28(34)29(35,25(31)21-5-2)26(32)22-6-3/h27-28,33-35H,4-23H2,1-3H3. The molecule has 0 rings (SSSR count). The van der Waals surface area contributed by atoms with Crippen molar-refractivity contribution in [1.82, 2.24) is 0 Å². The molecule has 2 unspecified atom stereocenters. The third-order valence-electron chi connectivity index (χ3n) is 6.89. The molecule has 0 saturated heterocycles. The second-order valence-corrected chi connectivity index (χ2v) is 10.2. The van der Waals surface area contributed by atoms with Crippen LogP contribution < -0.4 is 0 Å². The van der Waals surface area contributed by atoms with Gasteiger partial charge in [-0.2, -0.15) is 0 Å². The number of ketones is 3. The van der Waals surface area contributed by atoms with Crippen LogP contribution in [0.4, 0.5) is 0 Å². The molecule has 0 aromatic rings. The van der Waals surface area contributed by atoms with Crippen molar-refractivity contribution in [2.45, 2.75) is 167 Å². The molecule has 6 heteroatoms. The van der Waals surface area contributed by atoms with E-state index in [-0.39, 0.29) is 19.3 Å². The lowest BCUT2D eigenvalue weighted by Crippen LogP contribution is -2.61. The van der Waals surface area contributed by atoms with Crippen molar-refractivity contribution in [2.24, 2.45) is 0 Å². The monoisotopic (exact) mass is 498 g/mol. The molecule has 0 amide bonds. The predicted octanol–water partition coefficient (Wildman–Crippen LogP) is 6.01. The third kappa shape index (κ3) is 13.7. The molecule has 0 radical (unpaired) electrons. The van der Waals surface area contributed by atoms with Crippen LogP contribution in [0.25, 0.3) is 0 Å². The fraction of sp³-hybridized carbons (Fsp3) is 0.897. The molecule has 0 aliphatic heterocycles. The maximum atomic E-state index is 12.4. The molecule has 0 aromatic heterocycles. The Morgan fingerprint density at radius 1 is 0.543 bits per heavy atom. The first-order valence-corrected chi connectivity index (χ1v) is 14.4. The lowest BCUT2D eigenvalue weighted by atomic mass is 9.80. The molecular formula is C29H54O6. The Hall–Kier alpha value is -1.11. The van der Waals surface area contributed by atoms with Crippen LogP contribution in [-0.2, 0) is 14.4 Å². The molecule has 3 N–H and O–H groups in total. The zero-order chi connectivity index (χ0) is 26.5. The quantitative estimate of drug-likeness (QED) is 0.105. The van der Waals surface area contributed by atoms with E-state index in [0.29, 0.717) is 19.3 Å². The van der Waals surface area contributed by atoms with Crippen LogP contribution in [0.5, 0.6) is 0 Å². The number of carbonyl (C=O) groups is 3. The number of carbonyl (C=O) groups excluding carboxylic acids is 3. The van der Waals surface area contributed by atoms with E-state index in [1.54, 1.807) is 13.8 Å². The third-order valence-corrected chi connectivity index (χ3v) is 6.89. The summed E-state index contributed by atoms with van der Waals surface area (Å²) in [5, 5.41) is 31.5. The minimum absolute atomic E-state index is 0.0521. The van der Waals surface area contributed by atoms with Gasteiger partial charge in [-0.15, -0.1) is 0 Å². The predicted molar refractivity (Wildman–Crippen MR) is 141 cm³/mol. The van der Waals surface area contributed by atoms with E-state index in [1.165, 1.54) is 70.6 Å². The van der Waals surface area contributed by atoms with E-state index in [0.717, 1.165) is 19.3 Å². The van der Waals surface area contributed by atoms with Gasteiger partial charge in [0, 0.05) is 19.3 Å². The van der Waals surface area contributed by atoms with Gasteiger partial charge in [-0.3, -0.25) is 14.4 Å². The summed E-state index contributed by atoms with van der Waals surface area (Å²) in [7, 11) is 0. The van der Waals surface area contributed by atoms with Crippen molar-refractivity contribution >= 4 is 17.3 Å². The van der Waals surface area contributed by atoms with Gasteiger partial charge in [-0.1, -0.05) is 111 Å². The summed E-state index contributed by atoms with van der Waals surface area (Å²) < 4.78 is 0. The molecular weight excluding hydrogens is 444 g/mol. The SMILES string of the molecule is CCCCCCCCCCCCCCCCCC(=O)C(O)C(O)C(O)(C(=O)CCC)C(=O)CCC. The number of hydrogen-bond donors (Lipinski definition) is 3. The van der Waals surface area contributed by atoms with Crippen LogP contribution >= 0.6 is 0 Å². The van der Waals surface area contributed by atoms with E-state index < -0.39 is 35.2 Å². The van der Waals surface area contributed by atoms with E-state index in [2.05, 4.69) is 6.92 Å². The molecule has 0 aliphatic carbocycles. The topological polar surface area (TPSA) is 112 Å². The Bertz CT molecular complexity index is 556. The van der Waals surface area contributed by atoms with E-state index in [9.17, 15) is 29.7 Å². The molecule has 0 aromatic carbocycles. The van der Waals surface area contributed by atoms with Crippen molar-refractivity contribution in [3.63, 3.8) is 0 Å². The Balaban J connectivity index is 4.12. The van der Waals surface area contributed by atoms with Gasteiger partial charge in [0.05, 0.1) is 0 Å². The van der Waals surface area contributed by atoms with Crippen LogP contribution in [0.15, 0.2) is 0 Å². The fourth-order valence-electron chi connectivity index (χ4n) is 4.54. The summed E-state index contributed by atoms with van der Waals surface area (Å²) in [6.45, 7) is 5.68. The highest BCUT2D eigenvalue weighted by Crippen LogP contribution is 2.23. The van der Waals surface area contributed by atoms with Gasteiger partial charge in [-0.25, -0.2) is 0 Å². The van der Waals surface area contributed by atoms with E-state index >= 15 is 0 Å². The molecule has 2 atom stereocenters. The molecule has 6 nitrogen and oxygen atoms in total. The number of unbranched alkanes of at least 4 members (excludes halogenated alkanes) is 14. The Morgan fingerprint density at radius 3 is 1.23 bits per heavy atom. The van der Waals surface area contributed by atoms with Gasteiger partial charge >= 0.3 is 0 Å². The Labute approximate surface area is 214 Å². The molecule has 35 heavy (non-hydrogen) atoms. The van der Waals surface area contributed by atoms with Gasteiger partial charge in [0.1, 0.15) is 12.2 Å². The lowest BCUT2D eigenvalue weighted by molar-refractivity contribution is -0.174. The van der Waals surface area contributed by atoms with Gasteiger partial charge in [-0.05, 0) is 19.3 Å². The summed E-state index contributed by atoms with van der Waals surface area (Å²) in [4.78, 5) is 37.2. The second kappa shape index (κ2) is 21.0. The van der Waals surface area contributed by atoms with Gasteiger partial charge in [0.15, 0.2) is 17.3 Å². The summed E-state index contributed by atoms with van der Waals surface area (Å²) in [6, 6.07) is 0. The molecule has 0 fully saturated rings. The average Bonchev–Trinajstić information content (AvgIpc) is 2.84. The fourth-order valence-corrected chi connectivity index (χ4v) is 4.54. The minimum Gasteiger partial charge on any atom is -0.386 e. The number of Topliss-reactive ketones (excluding diaryl/α,β-unsaturated/α-hetero) is 3. The highest BCUT2D eigenvalue weighted by atomic mass is 16.4. The van der Waals surface area contributed by atoms with Gasteiger partial charge < -0.3 is 15.3 Å². The normalized spacial score (nSPS) is 13.5. The molecule has 0 heterocycles. The second-order valence-electron chi connectivity index (χ2n) is 10.2. The number of hydrogen-bond acceptors (Lipinski definition) is 6. The number of aliphatic hydroxyl groups is 3. The minimum atomic E-state index is -2.73. The largest absolute Gasteiger partial charge is 0.386 e. The molecule has 0 saturated carbocycles. The van der Waals surface area contributed by atoms with E-state index in [1.807, 2.05) is 0 Å². The van der Waals surface area contributed by atoms with Crippen LogP contribution in [0.2, 0.25) is 0 Å². The summed E-state index contributed by atoms with van der Waals surface area (Å²) in [5.41, 5.74) is -2.73. The maximum absolute atomic E-state index is 12.4.